The van der Waals surface area contributed by atoms with E-state index in [0.717, 1.165) is 17.1 Å². The minimum absolute atomic E-state index is 0.290. The summed E-state index contributed by atoms with van der Waals surface area (Å²) in [6, 6.07) is 5.85. The first-order valence-electron chi connectivity index (χ1n) is 7.00. The maximum atomic E-state index is 9.76. The largest absolute Gasteiger partial charge is 0.454 e. The first-order chi connectivity index (χ1) is 9.65. The third-order valence-electron chi connectivity index (χ3n) is 2.91. The van der Waals surface area contributed by atoms with Crippen LogP contribution in [0.2, 0.25) is 0 Å². The standard InChI is InChI=1S/C15H23NO4/c1-11(2)8-18-9-13(17)7-16-6-12-3-4-14-15(5-12)20-10-19-14/h3-5,11,13,16-17H,6-10H2,1-2H3. The van der Waals surface area contributed by atoms with Gasteiger partial charge in [-0.25, -0.2) is 0 Å². The Morgan fingerprint density at radius 1 is 1.25 bits per heavy atom. The van der Waals surface area contributed by atoms with Crippen molar-refractivity contribution in [3.8, 4) is 11.5 Å². The summed E-state index contributed by atoms with van der Waals surface area (Å²) in [5, 5.41) is 13.0. The highest BCUT2D eigenvalue weighted by molar-refractivity contribution is 5.44. The van der Waals surface area contributed by atoms with Crippen molar-refractivity contribution in [3.05, 3.63) is 23.8 Å². The number of aliphatic hydroxyl groups excluding tert-OH is 1. The molecule has 20 heavy (non-hydrogen) atoms. The van der Waals surface area contributed by atoms with Gasteiger partial charge in [0.1, 0.15) is 0 Å². The molecule has 0 saturated carbocycles. The highest BCUT2D eigenvalue weighted by Crippen LogP contribution is 2.32. The van der Waals surface area contributed by atoms with Crippen LogP contribution in [-0.2, 0) is 11.3 Å². The first-order valence-corrected chi connectivity index (χ1v) is 7.00. The maximum absolute atomic E-state index is 9.76. The van der Waals surface area contributed by atoms with Crippen molar-refractivity contribution >= 4 is 0 Å². The molecule has 0 fully saturated rings. The van der Waals surface area contributed by atoms with Gasteiger partial charge in [0, 0.05) is 19.7 Å². The van der Waals surface area contributed by atoms with Crippen LogP contribution in [0.25, 0.3) is 0 Å². The van der Waals surface area contributed by atoms with Gasteiger partial charge in [-0.15, -0.1) is 0 Å². The van der Waals surface area contributed by atoms with Crippen molar-refractivity contribution < 1.29 is 19.3 Å². The second-order valence-corrected chi connectivity index (χ2v) is 5.40. The van der Waals surface area contributed by atoms with Gasteiger partial charge in [0.05, 0.1) is 12.7 Å². The summed E-state index contributed by atoms with van der Waals surface area (Å²) in [4.78, 5) is 0. The van der Waals surface area contributed by atoms with Crippen molar-refractivity contribution in [2.75, 3.05) is 26.6 Å². The molecule has 1 heterocycles. The normalized spacial score (nSPS) is 14.8. The Morgan fingerprint density at radius 2 is 2.05 bits per heavy atom. The van der Waals surface area contributed by atoms with Crippen LogP contribution in [-0.4, -0.2) is 37.8 Å². The minimum Gasteiger partial charge on any atom is -0.454 e. The van der Waals surface area contributed by atoms with Crippen LogP contribution in [0.1, 0.15) is 19.4 Å². The van der Waals surface area contributed by atoms with E-state index in [9.17, 15) is 5.11 Å². The lowest BCUT2D eigenvalue weighted by Gasteiger charge is -2.13. The zero-order valence-electron chi connectivity index (χ0n) is 12.1. The third-order valence-corrected chi connectivity index (χ3v) is 2.91. The van der Waals surface area contributed by atoms with Crippen LogP contribution in [0.15, 0.2) is 18.2 Å². The number of hydrogen-bond donors (Lipinski definition) is 2. The fraction of sp³-hybridized carbons (Fsp3) is 0.600. The summed E-state index contributed by atoms with van der Waals surface area (Å²) in [6.45, 7) is 6.70. The Kier molecular flexibility index (Phi) is 5.64. The predicted octanol–water partition coefficient (Wildman–Crippen LogP) is 1.54. The van der Waals surface area contributed by atoms with E-state index in [2.05, 4.69) is 19.2 Å². The van der Waals surface area contributed by atoms with Crippen molar-refractivity contribution in [2.24, 2.45) is 5.92 Å². The molecular weight excluding hydrogens is 258 g/mol. The van der Waals surface area contributed by atoms with Gasteiger partial charge in [0.15, 0.2) is 11.5 Å². The maximum Gasteiger partial charge on any atom is 0.231 e. The van der Waals surface area contributed by atoms with Crippen LogP contribution in [0.3, 0.4) is 0 Å². The van der Waals surface area contributed by atoms with E-state index in [4.69, 9.17) is 14.2 Å². The molecule has 1 aliphatic rings. The average Bonchev–Trinajstić information content (AvgIpc) is 2.85. The smallest absolute Gasteiger partial charge is 0.231 e. The minimum atomic E-state index is -0.484. The molecule has 5 nitrogen and oxygen atoms in total. The molecule has 0 saturated heterocycles. The molecule has 0 aromatic heterocycles. The van der Waals surface area contributed by atoms with Crippen molar-refractivity contribution in [3.63, 3.8) is 0 Å². The lowest BCUT2D eigenvalue weighted by atomic mass is 10.2. The fourth-order valence-corrected chi connectivity index (χ4v) is 1.93. The quantitative estimate of drug-likeness (QED) is 0.757. The number of ether oxygens (including phenoxy) is 3. The van der Waals surface area contributed by atoms with Gasteiger partial charge >= 0.3 is 0 Å². The Hall–Kier alpha value is -1.30. The topological polar surface area (TPSA) is 60.0 Å². The highest BCUT2D eigenvalue weighted by atomic mass is 16.7. The molecule has 0 bridgehead atoms. The molecular formula is C15H23NO4. The number of fused-ring (bicyclic) bond motifs is 1. The van der Waals surface area contributed by atoms with Gasteiger partial charge in [-0.05, 0) is 23.6 Å². The van der Waals surface area contributed by atoms with Crippen LogP contribution in [0.4, 0.5) is 0 Å². The van der Waals surface area contributed by atoms with E-state index in [1.807, 2.05) is 18.2 Å². The zero-order chi connectivity index (χ0) is 14.4. The first kappa shape index (κ1) is 15.1. The van der Waals surface area contributed by atoms with Gasteiger partial charge in [0.2, 0.25) is 6.79 Å². The van der Waals surface area contributed by atoms with Crippen LogP contribution >= 0.6 is 0 Å². The Morgan fingerprint density at radius 3 is 2.85 bits per heavy atom. The molecule has 0 amide bonds. The lowest BCUT2D eigenvalue weighted by Crippen LogP contribution is -2.30. The fourth-order valence-electron chi connectivity index (χ4n) is 1.93. The molecule has 5 heteroatoms. The molecule has 1 aromatic rings. The second-order valence-electron chi connectivity index (χ2n) is 5.40. The number of aliphatic hydroxyl groups is 1. The van der Waals surface area contributed by atoms with Crippen molar-refractivity contribution in [1.82, 2.24) is 5.32 Å². The molecule has 2 rings (SSSR count). The van der Waals surface area contributed by atoms with E-state index < -0.39 is 6.10 Å². The van der Waals surface area contributed by atoms with Gasteiger partial charge < -0.3 is 24.6 Å². The van der Waals surface area contributed by atoms with Gasteiger partial charge in [0.25, 0.3) is 0 Å². The number of hydrogen-bond acceptors (Lipinski definition) is 5. The number of benzene rings is 1. The van der Waals surface area contributed by atoms with Crippen molar-refractivity contribution in [2.45, 2.75) is 26.5 Å². The van der Waals surface area contributed by atoms with Gasteiger partial charge in [-0.1, -0.05) is 19.9 Å². The summed E-state index contributed by atoms with van der Waals surface area (Å²) >= 11 is 0. The zero-order valence-corrected chi connectivity index (χ0v) is 12.1. The van der Waals surface area contributed by atoms with Crippen LogP contribution in [0.5, 0.6) is 11.5 Å². The van der Waals surface area contributed by atoms with E-state index in [1.54, 1.807) is 0 Å². The molecule has 1 aromatic carbocycles. The SMILES string of the molecule is CC(C)COCC(O)CNCc1ccc2c(c1)OCO2. The molecule has 0 spiro atoms. The average molecular weight is 281 g/mol. The molecule has 2 N–H and O–H groups in total. The Balaban J connectivity index is 1.65. The third kappa shape index (κ3) is 4.67. The summed E-state index contributed by atoms with van der Waals surface area (Å²) in [5.74, 6) is 2.06. The molecule has 112 valence electrons. The van der Waals surface area contributed by atoms with Gasteiger partial charge in [-0.3, -0.25) is 0 Å². The van der Waals surface area contributed by atoms with E-state index in [1.165, 1.54) is 0 Å². The summed E-state index contributed by atoms with van der Waals surface area (Å²) in [5.41, 5.74) is 1.10. The Labute approximate surface area is 119 Å². The lowest BCUT2D eigenvalue weighted by molar-refractivity contribution is 0.0260. The monoisotopic (exact) mass is 281 g/mol. The predicted molar refractivity (Wildman–Crippen MR) is 75.9 cm³/mol. The Bertz CT molecular complexity index is 422. The second kappa shape index (κ2) is 7.47. The molecule has 0 aliphatic carbocycles. The summed E-state index contributed by atoms with van der Waals surface area (Å²) in [7, 11) is 0. The highest BCUT2D eigenvalue weighted by Gasteiger charge is 2.13. The number of rotatable bonds is 8. The van der Waals surface area contributed by atoms with Gasteiger partial charge in [-0.2, -0.15) is 0 Å². The molecule has 1 aliphatic heterocycles. The molecule has 1 atom stereocenters. The molecule has 0 radical (unpaired) electrons. The van der Waals surface area contributed by atoms with E-state index in [-0.39, 0.29) is 6.79 Å². The van der Waals surface area contributed by atoms with Crippen LogP contribution < -0.4 is 14.8 Å². The number of nitrogens with one attached hydrogen (secondary N) is 1. The summed E-state index contributed by atoms with van der Waals surface area (Å²) in [6.07, 6.45) is -0.484. The van der Waals surface area contributed by atoms with E-state index in [0.29, 0.717) is 32.2 Å². The van der Waals surface area contributed by atoms with Crippen LogP contribution in [0, 0.1) is 5.92 Å². The summed E-state index contributed by atoms with van der Waals surface area (Å²) < 4.78 is 16.0. The van der Waals surface area contributed by atoms with Crippen molar-refractivity contribution in [1.29, 1.82) is 0 Å². The molecule has 1 unspecified atom stereocenters. The van der Waals surface area contributed by atoms with E-state index >= 15 is 0 Å².